The predicted molar refractivity (Wildman–Crippen MR) is 114 cm³/mol. The molecule has 2 aromatic carbocycles. The van der Waals surface area contributed by atoms with Crippen molar-refractivity contribution in [3.63, 3.8) is 0 Å². The Morgan fingerprint density at radius 3 is 2.47 bits per heavy atom. The number of anilines is 1. The second kappa shape index (κ2) is 9.25. The number of ether oxygens (including phenoxy) is 3. The van der Waals surface area contributed by atoms with Crippen LogP contribution in [0.1, 0.15) is 31.9 Å². The first-order valence-electron chi connectivity index (χ1n) is 9.71. The van der Waals surface area contributed by atoms with Crippen molar-refractivity contribution < 1.29 is 27.4 Å². The van der Waals surface area contributed by atoms with Crippen molar-refractivity contribution in [1.29, 1.82) is 0 Å². The van der Waals surface area contributed by atoms with Crippen LogP contribution in [0, 0.1) is 0 Å². The first-order chi connectivity index (χ1) is 14.4. The van der Waals surface area contributed by atoms with Gasteiger partial charge in [-0.05, 0) is 43.2 Å². The number of carbonyl (C=O) groups excluding carboxylic acids is 1. The van der Waals surface area contributed by atoms with Gasteiger partial charge in [-0.1, -0.05) is 19.1 Å². The monoisotopic (exact) mass is 434 g/mol. The van der Waals surface area contributed by atoms with E-state index in [1.165, 1.54) is 0 Å². The number of amides is 1. The molecular formula is C21H26N2O6S. The summed E-state index contributed by atoms with van der Waals surface area (Å²) < 4.78 is 42.3. The fourth-order valence-corrected chi connectivity index (χ4v) is 4.23. The van der Waals surface area contributed by atoms with Gasteiger partial charge >= 0.3 is 0 Å². The largest absolute Gasteiger partial charge is 0.497 e. The number of nitrogens with one attached hydrogen (secondary N) is 1. The Kier molecular flexibility index (Phi) is 6.71. The Morgan fingerprint density at radius 2 is 1.83 bits per heavy atom. The molecule has 2 aromatic rings. The van der Waals surface area contributed by atoms with Crippen molar-refractivity contribution in [2.75, 3.05) is 30.5 Å². The van der Waals surface area contributed by atoms with Gasteiger partial charge in [-0.3, -0.25) is 9.10 Å². The van der Waals surface area contributed by atoms with Crippen molar-refractivity contribution in [3.05, 3.63) is 48.0 Å². The van der Waals surface area contributed by atoms with E-state index in [1.54, 1.807) is 32.2 Å². The van der Waals surface area contributed by atoms with Crippen molar-refractivity contribution in [3.8, 4) is 17.2 Å². The number of nitrogens with zero attached hydrogens (tertiary/aromatic N) is 1. The van der Waals surface area contributed by atoms with E-state index in [4.69, 9.17) is 14.2 Å². The first-order valence-corrected chi connectivity index (χ1v) is 11.3. The first kappa shape index (κ1) is 21.8. The van der Waals surface area contributed by atoms with E-state index in [1.807, 2.05) is 31.2 Å². The van der Waals surface area contributed by atoms with E-state index in [-0.39, 0.29) is 25.1 Å². The molecule has 162 valence electrons. The maximum absolute atomic E-state index is 12.8. The summed E-state index contributed by atoms with van der Waals surface area (Å²) in [7, 11) is -2.09. The number of methoxy groups -OCH3 is 1. The molecular weight excluding hydrogens is 408 g/mol. The van der Waals surface area contributed by atoms with Gasteiger partial charge in [0.2, 0.25) is 22.7 Å². The summed E-state index contributed by atoms with van der Waals surface area (Å²) >= 11 is 0. The number of carbonyl (C=O) groups is 1. The van der Waals surface area contributed by atoms with Crippen molar-refractivity contribution in [2.45, 2.75) is 26.3 Å². The summed E-state index contributed by atoms with van der Waals surface area (Å²) in [6.45, 7) is 3.25. The normalized spacial score (nSPS) is 13.6. The van der Waals surface area contributed by atoms with Crippen molar-refractivity contribution >= 4 is 21.6 Å². The van der Waals surface area contributed by atoms with Crippen LogP contribution in [0.4, 0.5) is 5.69 Å². The summed E-state index contributed by atoms with van der Waals surface area (Å²) in [6.07, 6.45) is 0.655. The molecule has 1 heterocycles. The smallest absolute Gasteiger partial charge is 0.241 e. The van der Waals surface area contributed by atoms with Gasteiger partial charge in [-0.25, -0.2) is 8.42 Å². The molecule has 9 heteroatoms. The highest BCUT2D eigenvalue weighted by atomic mass is 32.2. The lowest BCUT2D eigenvalue weighted by Gasteiger charge is -2.25. The molecule has 1 aliphatic heterocycles. The Hall–Kier alpha value is -2.94. The van der Waals surface area contributed by atoms with Crippen LogP contribution >= 0.6 is 0 Å². The number of hydrogen-bond donors (Lipinski definition) is 1. The van der Waals surface area contributed by atoms with Gasteiger partial charge in [0.05, 0.1) is 24.6 Å². The third-order valence-corrected chi connectivity index (χ3v) is 6.63. The van der Waals surface area contributed by atoms with Crippen molar-refractivity contribution in [1.82, 2.24) is 5.32 Å². The number of fused-ring (bicyclic) bond motifs is 1. The highest BCUT2D eigenvalue weighted by Gasteiger charge is 2.26. The number of hydrogen-bond acceptors (Lipinski definition) is 6. The standard InChI is InChI=1S/C21H26N2O6S/c1-4-18(15-6-9-17(27-3)10-7-15)22-21(24)13-23(30(25,26)5-2)16-8-11-19-20(12-16)29-14-28-19/h6-12,18H,4-5,13-14H2,1-3H3,(H,22,24)/t18-/m0/s1. The maximum atomic E-state index is 12.8. The van der Waals surface area contributed by atoms with E-state index in [2.05, 4.69) is 5.32 Å². The van der Waals surface area contributed by atoms with Crippen LogP contribution in [-0.2, 0) is 14.8 Å². The lowest BCUT2D eigenvalue weighted by atomic mass is 10.0. The van der Waals surface area contributed by atoms with Gasteiger partial charge in [0, 0.05) is 6.07 Å². The second-order valence-corrected chi connectivity index (χ2v) is 8.93. The minimum Gasteiger partial charge on any atom is -0.497 e. The molecule has 3 rings (SSSR count). The molecule has 1 amide bonds. The fraction of sp³-hybridized carbons (Fsp3) is 0.381. The molecule has 0 fully saturated rings. The molecule has 1 atom stereocenters. The van der Waals surface area contributed by atoms with Crippen LogP contribution in [0.15, 0.2) is 42.5 Å². The summed E-state index contributed by atoms with van der Waals surface area (Å²) in [6, 6.07) is 12.0. The highest BCUT2D eigenvalue weighted by Crippen LogP contribution is 2.36. The second-order valence-electron chi connectivity index (χ2n) is 6.75. The molecule has 0 spiro atoms. The molecule has 0 unspecified atom stereocenters. The van der Waals surface area contributed by atoms with Crippen LogP contribution in [0.2, 0.25) is 0 Å². The van der Waals surface area contributed by atoms with Crippen molar-refractivity contribution in [2.24, 2.45) is 0 Å². The Morgan fingerprint density at radius 1 is 1.13 bits per heavy atom. The van der Waals surface area contributed by atoms with E-state index in [0.717, 1.165) is 15.6 Å². The zero-order valence-corrected chi connectivity index (χ0v) is 18.1. The number of benzene rings is 2. The van der Waals surface area contributed by atoms with Crippen LogP contribution in [0.25, 0.3) is 0 Å². The van der Waals surface area contributed by atoms with E-state index >= 15 is 0 Å². The van der Waals surface area contributed by atoms with Gasteiger partial charge in [-0.15, -0.1) is 0 Å². The Labute approximate surface area is 176 Å². The summed E-state index contributed by atoms with van der Waals surface area (Å²) in [5.74, 6) is 1.19. The average Bonchev–Trinajstić information content (AvgIpc) is 3.23. The Balaban J connectivity index is 1.79. The molecule has 30 heavy (non-hydrogen) atoms. The lowest BCUT2D eigenvalue weighted by molar-refractivity contribution is -0.120. The van der Waals surface area contributed by atoms with Gasteiger partial charge < -0.3 is 19.5 Å². The van der Waals surface area contributed by atoms with Gasteiger partial charge in [-0.2, -0.15) is 0 Å². The summed E-state index contributed by atoms with van der Waals surface area (Å²) in [4.78, 5) is 12.8. The van der Waals surface area contributed by atoms with E-state index in [9.17, 15) is 13.2 Å². The molecule has 1 N–H and O–H groups in total. The molecule has 0 bridgehead atoms. The SMILES string of the molecule is CC[C@H](NC(=O)CN(c1ccc2c(c1)OCO2)S(=O)(=O)CC)c1ccc(OC)cc1. The molecule has 0 saturated heterocycles. The minimum atomic E-state index is -3.68. The summed E-state index contributed by atoms with van der Waals surface area (Å²) in [5.41, 5.74) is 1.27. The van der Waals surface area contributed by atoms with Gasteiger partial charge in [0.25, 0.3) is 0 Å². The third-order valence-electron chi connectivity index (χ3n) is 4.89. The molecule has 1 aliphatic rings. The van der Waals surface area contributed by atoms with Gasteiger partial charge in [0.15, 0.2) is 11.5 Å². The minimum absolute atomic E-state index is 0.0832. The lowest BCUT2D eigenvalue weighted by Crippen LogP contribution is -2.42. The predicted octanol–water partition coefficient (Wildman–Crippen LogP) is 2.85. The molecule has 0 aromatic heterocycles. The molecule has 0 saturated carbocycles. The van der Waals surface area contributed by atoms with E-state index in [0.29, 0.717) is 23.6 Å². The number of sulfonamides is 1. The van der Waals surface area contributed by atoms with Crippen LogP contribution in [0.5, 0.6) is 17.2 Å². The van der Waals surface area contributed by atoms with Gasteiger partial charge in [0.1, 0.15) is 12.3 Å². The molecule has 8 nitrogen and oxygen atoms in total. The fourth-order valence-electron chi connectivity index (χ4n) is 3.17. The molecule has 0 aliphatic carbocycles. The Bertz CT molecular complexity index is 991. The average molecular weight is 435 g/mol. The zero-order chi connectivity index (χ0) is 21.7. The molecule has 0 radical (unpaired) electrons. The third kappa shape index (κ3) is 4.79. The van der Waals surface area contributed by atoms with Crippen LogP contribution < -0.4 is 23.8 Å². The topological polar surface area (TPSA) is 94.2 Å². The number of rotatable bonds is 9. The van der Waals surface area contributed by atoms with Crippen LogP contribution in [-0.4, -0.2) is 40.5 Å². The quantitative estimate of drug-likeness (QED) is 0.652. The van der Waals surface area contributed by atoms with E-state index < -0.39 is 15.9 Å². The highest BCUT2D eigenvalue weighted by molar-refractivity contribution is 7.92. The zero-order valence-electron chi connectivity index (χ0n) is 17.3. The maximum Gasteiger partial charge on any atom is 0.241 e. The summed E-state index contributed by atoms with van der Waals surface area (Å²) in [5, 5.41) is 2.93. The van der Waals surface area contributed by atoms with Crippen LogP contribution in [0.3, 0.4) is 0 Å².